The van der Waals surface area contributed by atoms with Crippen LogP contribution in [-0.2, 0) is 12.5 Å². The molecule has 0 amide bonds. The summed E-state index contributed by atoms with van der Waals surface area (Å²) in [6.07, 6.45) is 7.36. The Labute approximate surface area is 239 Å². The Morgan fingerprint density at radius 1 is 0.850 bits per heavy atom. The summed E-state index contributed by atoms with van der Waals surface area (Å²) in [5.41, 5.74) is 8.28. The van der Waals surface area contributed by atoms with E-state index < -0.39 is 0 Å². The molecule has 1 saturated carbocycles. The molecule has 0 spiro atoms. The third-order valence-electron chi connectivity index (χ3n) is 9.93. The highest BCUT2D eigenvalue weighted by Crippen LogP contribution is 2.55. The van der Waals surface area contributed by atoms with Crippen LogP contribution in [0.15, 0.2) is 54.7 Å². The highest BCUT2D eigenvalue weighted by molar-refractivity contribution is 6.17. The standard InChI is InChI=1S/C38H42NO/c1-22-12-13-28-29(20-22)23(2)32-35-33-27(16-19-39(35)8)26-11-9-10-25(24-14-17-38(6,7)18-15-24)30(26)21-31(33)40-36(32)34(28)37(3,4)5/h9-13,16,19-21,24H,14-15,17-18H2,1-8H3/q+1. The predicted molar refractivity (Wildman–Crippen MR) is 169 cm³/mol. The Hall–Kier alpha value is -3.39. The minimum absolute atomic E-state index is 0.0772. The van der Waals surface area contributed by atoms with E-state index in [-0.39, 0.29) is 5.41 Å². The minimum Gasteiger partial charge on any atom is -0.455 e. The van der Waals surface area contributed by atoms with E-state index in [0.717, 1.165) is 11.5 Å². The number of benzene rings is 4. The minimum atomic E-state index is -0.0772. The summed E-state index contributed by atoms with van der Waals surface area (Å²) >= 11 is 0. The third-order valence-corrected chi connectivity index (χ3v) is 9.93. The molecule has 2 heterocycles. The fourth-order valence-electron chi connectivity index (χ4n) is 7.73. The lowest BCUT2D eigenvalue weighted by molar-refractivity contribution is -0.659. The van der Waals surface area contributed by atoms with Gasteiger partial charge in [0.15, 0.2) is 6.20 Å². The number of aryl methyl sites for hydroxylation is 3. The van der Waals surface area contributed by atoms with Gasteiger partial charge >= 0.3 is 0 Å². The summed E-state index contributed by atoms with van der Waals surface area (Å²) in [6.45, 7) is 16.3. The molecule has 1 aromatic heterocycles. The number of pyridine rings is 1. The number of hydrogen-bond acceptors (Lipinski definition) is 1. The van der Waals surface area contributed by atoms with Gasteiger partial charge in [-0.1, -0.05) is 76.6 Å². The molecule has 40 heavy (non-hydrogen) atoms. The van der Waals surface area contributed by atoms with Crippen LogP contribution >= 0.6 is 0 Å². The average molecular weight is 529 g/mol. The van der Waals surface area contributed by atoms with Gasteiger partial charge in [0, 0.05) is 17.0 Å². The summed E-state index contributed by atoms with van der Waals surface area (Å²) in [4.78, 5) is 0. The second-order valence-electron chi connectivity index (χ2n) is 14.4. The van der Waals surface area contributed by atoms with E-state index in [0.29, 0.717) is 11.3 Å². The summed E-state index contributed by atoms with van der Waals surface area (Å²) in [5.74, 6) is 2.64. The largest absolute Gasteiger partial charge is 0.455 e. The quantitative estimate of drug-likeness (QED) is 0.153. The van der Waals surface area contributed by atoms with Gasteiger partial charge in [0.1, 0.15) is 18.5 Å². The van der Waals surface area contributed by atoms with Gasteiger partial charge in [-0.25, -0.2) is 4.57 Å². The number of aromatic nitrogens is 1. The molecule has 5 aromatic rings. The summed E-state index contributed by atoms with van der Waals surface area (Å²) in [6, 6.07) is 18.6. The third kappa shape index (κ3) is 3.71. The van der Waals surface area contributed by atoms with Crippen LogP contribution in [0.1, 0.15) is 88.5 Å². The molecule has 2 heteroatoms. The van der Waals surface area contributed by atoms with Crippen LogP contribution in [-0.4, -0.2) is 0 Å². The zero-order valence-corrected chi connectivity index (χ0v) is 25.5. The van der Waals surface area contributed by atoms with Crippen LogP contribution in [0.25, 0.3) is 43.6 Å². The SMILES string of the molecule is Cc1ccc2c(C(C)(C)C)c3c(c(C)c2c1)-c1c2c(cc4c(C5CCC(C)(C)CC5)cccc4c2cc[n+]1C)O3. The van der Waals surface area contributed by atoms with E-state index in [1.54, 1.807) is 0 Å². The van der Waals surface area contributed by atoms with Crippen molar-refractivity contribution in [1.29, 1.82) is 0 Å². The Balaban J connectivity index is 1.57. The first-order chi connectivity index (χ1) is 18.9. The Kier molecular flexibility index (Phi) is 5.47. The maximum Gasteiger partial charge on any atom is 0.228 e. The van der Waals surface area contributed by atoms with Crippen LogP contribution in [0, 0.1) is 19.3 Å². The van der Waals surface area contributed by atoms with Gasteiger partial charge in [-0.3, -0.25) is 0 Å². The van der Waals surface area contributed by atoms with Crippen LogP contribution < -0.4 is 9.30 Å². The number of ether oxygens (including phenoxy) is 1. The van der Waals surface area contributed by atoms with E-state index in [1.807, 2.05) is 0 Å². The molecular formula is C38H42NO+. The molecule has 0 bridgehead atoms. The number of hydrogen-bond donors (Lipinski definition) is 0. The van der Waals surface area contributed by atoms with E-state index in [4.69, 9.17) is 4.74 Å². The van der Waals surface area contributed by atoms with E-state index in [2.05, 4.69) is 115 Å². The Morgan fingerprint density at radius 2 is 1.60 bits per heavy atom. The molecule has 0 unspecified atom stereocenters. The fourth-order valence-corrected chi connectivity index (χ4v) is 7.73. The first kappa shape index (κ1) is 25.6. The molecule has 2 aliphatic rings. The molecule has 4 aromatic carbocycles. The van der Waals surface area contributed by atoms with E-state index in [1.165, 1.54) is 91.5 Å². The number of fused-ring (bicyclic) bond motifs is 5. The van der Waals surface area contributed by atoms with Crippen molar-refractivity contribution in [3.63, 3.8) is 0 Å². The predicted octanol–water partition coefficient (Wildman–Crippen LogP) is 10.3. The lowest BCUT2D eigenvalue weighted by Gasteiger charge is -2.35. The Bertz CT molecular complexity index is 1860. The van der Waals surface area contributed by atoms with Crippen molar-refractivity contribution in [2.45, 2.75) is 85.5 Å². The van der Waals surface area contributed by atoms with Crippen molar-refractivity contribution >= 4 is 32.3 Å². The zero-order valence-electron chi connectivity index (χ0n) is 25.5. The number of nitrogens with zero attached hydrogens (tertiary/aromatic N) is 1. The molecule has 0 radical (unpaired) electrons. The molecule has 1 fully saturated rings. The highest BCUT2D eigenvalue weighted by Gasteiger charge is 2.37. The molecule has 0 atom stereocenters. The van der Waals surface area contributed by atoms with Crippen molar-refractivity contribution in [2.24, 2.45) is 12.5 Å². The maximum atomic E-state index is 7.15. The van der Waals surface area contributed by atoms with Gasteiger partial charge in [-0.05, 0) is 95.0 Å². The highest BCUT2D eigenvalue weighted by atomic mass is 16.5. The lowest BCUT2D eigenvalue weighted by Crippen LogP contribution is -2.32. The summed E-state index contributed by atoms with van der Waals surface area (Å²) in [5, 5.41) is 7.88. The van der Waals surface area contributed by atoms with Crippen molar-refractivity contribution in [2.75, 3.05) is 0 Å². The molecule has 1 aliphatic carbocycles. The van der Waals surface area contributed by atoms with Crippen LogP contribution in [0.2, 0.25) is 0 Å². The normalized spacial score (nSPS) is 16.9. The first-order valence-electron chi connectivity index (χ1n) is 15.1. The second kappa shape index (κ2) is 8.56. The van der Waals surface area contributed by atoms with Crippen molar-refractivity contribution in [3.8, 4) is 22.8 Å². The molecule has 204 valence electrons. The van der Waals surface area contributed by atoms with Crippen LogP contribution in [0.5, 0.6) is 11.5 Å². The van der Waals surface area contributed by atoms with Crippen molar-refractivity contribution in [1.82, 2.24) is 0 Å². The monoisotopic (exact) mass is 528 g/mol. The van der Waals surface area contributed by atoms with Gasteiger partial charge in [0.25, 0.3) is 0 Å². The summed E-state index contributed by atoms with van der Waals surface area (Å²) in [7, 11) is 2.19. The van der Waals surface area contributed by atoms with Gasteiger partial charge in [-0.15, -0.1) is 0 Å². The number of rotatable bonds is 1. The first-order valence-corrected chi connectivity index (χ1v) is 15.1. The topological polar surface area (TPSA) is 13.1 Å². The van der Waals surface area contributed by atoms with Gasteiger partial charge in [0.05, 0.1) is 10.9 Å². The molecule has 0 saturated heterocycles. The Morgan fingerprint density at radius 3 is 2.33 bits per heavy atom. The van der Waals surface area contributed by atoms with Gasteiger partial charge in [-0.2, -0.15) is 0 Å². The average Bonchev–Trinajstić information content (AvgIpc) is 2.89. The molecule has 2 nitrogen and oxygen atoms in total. The molecule has 7 rings (SSSR count). The van der Waals surface area contributed by atoms with Gasteiger partial charge < -0.3 is 4.74 Å². The van der Waals surface area contributed by atoms with Gasteiger partial charge in [0.2, 0.25) is 5.69 Å². The van der Waals surface area contributed by atoms with E-state index >= 15 is 0 Å². The smallest absolute Gasteiger partial charge is 0.228 e. The molecular weight excluding hydrogens is 486 g/mol. The van der Waals surface area contributed by atoms with Crippen molar-refractivity contribution in [3.05, 3.63) is 77.0 Å². The van der Waals surface area contributed by atoms with Crippen LogP contribution in [0.3, 0.4) is 0 Å². The van der Waals surface area contributed by atoms with Crippen molar-refractivity contribution < 1.29 is 9.30 Å². The van der Waals surface area contributed by atoms with Crippen LogP contribution in [0.4, 0.5) is 0 Å². The van der Waals surface area contributed by atoms with E-state index in [9.17, 15) is 0 Å². The second-order valence-corrected chi connectivity index (χ2v) is 14.4. The maximum absolute atomic E-state index is 7.15. The summed E-state index contributed by atoms with van der Waals surface area (Å²) < 4.78 is 9.46. The fraction of sp³-hybridized carbons (Fsp3) is 0.395. The molecule has 0 N–H and O–H groups in total. The molecule has 1 aliphatic heterocycles. The lowest BCUT2D eigenvalue weighted by atomic mass is 9.70. The zero-order chi connectivity index (χ0) is 28.1.